The van der Waals surface area contributed by atoms with Crippen molar-refractivity contribution in [1.82, 2.24) is 4.98 Å². The van der Waals surface area contributed by atoms with E-state index in [9.17, 15) is 5.11 Å². The molecule has 0 bridgehead atoms. The van der Waals surface area contributed by atoms with Gasteiger partial charge in [0.1, 0.15) is 12.7 Å². The number of rotatable bonds is 8. The second-order valence-electron chi connectivity index (χ2n) is 7.81. The van der Waals surface area contributed by atoms with E-state index < -0.39 is 5.72 Å². The lowest BCUT2D eigenvalue weighted by Gasteiger charge is -2.29. The van der Waals surface area contributed by atoms with E-state index in [1.165, 1.54) is 32.1 Å². The molecule has 2 aromatic carbocycles. The Morgan fingerprint density at radius 1 is 1.00 bits per heavy atom. The van der Waals surface area contributed by atoms with Gasteiger partial charge >= 0.3 is 5.95 Å². The molecule has 5 heteroatoms. The Labute approximate surface area is 184 Å². The van der Waals surface area contributed by atoms with Gasteiger partial charge in [-0.2, -0.15) is 0 Å². The summed E-state index contributed by atoms with van der Waals surface area (Å²) in [6, 6.07) is 16.4. The zero-order valence-electron chi connectivity index (χ0n) is 17.1. The topological polar surface area (TPSA) is 40.2 Å². The first kappa shape index (κ1) is 21.7. The van der Waals surface area contributed by atoms with Crippen LogP contribution >= 0.6 is 0 Å². The molecule has 1 atom stereocenters. The SMILES string of the molecule is CCCCCCCCN1c2nccc[n+]2C[C@@]1(O)c1cccc2ccccc12.[Br-]. The zero-order valence-corrected chi connectivity index (χ0v) is 18.7. The minimum atomic E-state index is -1.08. The lowest BCUT2D eigenvalue weighted by Crippen LogP contribution is -3.00. The number of aromatic nitrogens is 2. The van der Waals surface area contributed by atoms with Crippen molar-refractivity contribution < 1.29 is 26.7 Å². The van der Waals surface area contributed by atoms with Crippen LogP contribution in [0.15, 0.2) is 60.9 Å². The van der Waals surface area contributed by atoms with E-state index in [4.69, 9.17) is 0 Å². The Hall–Kier alpha value is -1.98. The van der Waals surface area contributed by atoms with Crippen LogP contribution in [0.5, 0.6) is 0 Å². The van der Waals surface area contributed by atoms with Gasteiger partial charge in [0, 0.05) is 11.6 Å². The molecule has 0 fully saturated rings. The predicted octanol–water partition coefficient (Wildman–Crippen LogP) is 1.55. The summed E-state index contributed by atoms with van der Waals surface area (Å²) in [5.74, 6) is 0.853. The first-order valence-electron chi connectivity index (χ1n) is 10.6. The van der Waals surface area contributed by atoms with Gasteiger partial charge in [-0.3, -0.25) is 0 Å². The van der Waals surface area contributed by atoms with Crippen molar-refractivity contribution in [1.29, 1.82) is 0 Å². The van der Waals surface area contributed by atoms with E-state index in [0.29, 0.717) is 6.54 Å². The molecule has 4 rings (SSSR count). The molecule has 0 aliphatic carbocycles. The number of aliphatic hydroxyl groups is 1. The minimum absolute atomic E-state index is 0. The quantitative estimate of drug-likeness (QED) is 0.413. The van der Waals surface area contributed by atoms with Crippen molar-refractivity contribution in [3.63, 3.8) is 0 Å². The third kappa shape index (κ3) is 4.31. The number of anilines is 1. The maximum absolute atomic E-state index is 11.9. The highest BCUT2D eigenvalue weighted by molar-refractivity contribution is 5.86. The standard InChI is InChI=1S/C24H30N3O.BrH/c1-2-3-4-5-6-9-18-27-23-25-16-11-17-26(23)19-24(27,28)22-15-10-13-20-12-7-8-14-21(20)22;/h7-8,10-17,28H,2-6,9,18-19H2,1H3;1H/q+1;/p-1/t24-;/m1./s1. The summed E-state index contributed by atoms with van der Waals surface area (Å²) in [5, 5.41) is 14.2. The van der Waals surface area contributed by atoms with Crippen LogP contribution in [0.3, 0.4) is 0 Å². The van der Waals surface area contributed by atoms with Crippen LogP contribution in [-0.2, 0) is 12.3 Å². The summed E-state index contributed by atoms with van der Waals surface area (Å²) < 4.78 is 2.07. The summed E-state index contributed by atoms with van der Waals surface area (Å²) in [6.45, 7) is 3.55. The molecular formula is C24H30BrN3O. The fourth-order valence-electron chi connectivity index (χ4n) is 4.37. The van der Waals surface area contributed by atoms with Crippen molar-refractivity contribution >= 4 is 16.7 Å². The Morgan fingerprint density at radius 3 is 2.62 bits per heavy atom. The summed E-state index contributed by atoms with van der Waals surface area (Å²) >= 11 is 0. The highest BCUT2D eigenvalue weighted by Gasteiger charge is 2.51. The fraction of sp³-hybridized carbons (Fsp3) is 0.417. The van der Waals surface area contributed by atoms with Crippen molar-refractivity contribution in [3.8, 4) is 0 Å². The average Bonchev–Trinajstić information content (AvgIpc) is 3.02. The maximum atomic E-state index is 11.9. The average molecular weight is 456 g/mol. The van der Waals surface area contributed by atoms with Gasteiger partial charge in [0.05, 0.1) is 12.7 Å². The van der Waals surface area contributed by atoms with Gasteiger partial charge in [0.15, 0.2) is 0 Å². The van der Waals surface area contributed by atoms with Crippen LogP contribution in [0.1, 0.15) is 51.0 Å². The van der Waals surface area contributed by atoms with Crippen molar-refractivity contribution in [2.75, 3.05) is 11.4 Å². The molecule has 2 heterocycles. The number of hydrogen-bond acceptors (Lipinski definition) is 3. The van der Waals surface area contributed by atoms with Gasteiger partial charge in [0.2, 0.25) is 5.72 Å². The third-order valence-electron chi connectivity index (χ3n) is 5.83. The van der Waals surface area contributed by atoms with Crippen molar-refractivity contribution in [2.45, 2.75) is 57.7 Å². The Kier molecular flexibility index (Phi) is 7.25. The van der Waals surface area contributed by atoms with Gasteiger partial charge in [-0.15, -0.1) is 0 Å². The van der Waals surface area contributed by atoms with Crippen molar-refractivity contribution in [3.05, 3.63) is 66.5 Å². The number of benzene rings is 2. The Morgan fingerprint density at radius 2 is 1.76 bits per heavy atom. The fourth-order valence-corrected chi connectivity index (χ4v) is 4.37. The molecule has 29 heavy (non-hydrogen) atoms. The Balaban J connectivity index is 0.00000240. The van der Waals surface area contributed by atoms with Gasteiger partial charge in [-0.1, -0.05) is 86.5 Å². The third-order valence-corrected chi connectivity index (χ3v) is 5.83. The minimum Gasteiger partial charge on any atom is -1.00 e. The van der Waals surface area contributed by atoms with E-state index in [2.05, 4.69) is 45.6 Å². The zero-order chi connectivity index (χ0) is 19.4. The van der Waals surface area contributed by atoms with Crippen LogP contribution in [0.2, 0.25) is 0 Å². The normalized spacial score (nSPS) is 17.9. The molecular weight excluding hydrogens is 426 g/mol. The largest absolute Gasteiger partial charge is 1.00 e. The number of unbranched alkanes of at least 4 members (excludes halogenated alkanes) is 5. The van der Waals surface area contributed by atoms with Gasteiger partial charge < -0.3 is 22.1 Å². The van der Waals surface area contributed by atoms with Gasteiger partial charge in [-0.05, 0) is 17.2 Å². The van der Waals surface area contributed by atoms with Crippen LogP contribution in [0, 0.1) is 0 Å². The van der Waals surface area contributed by atoms with E-state index in [-0.39, 0.29) is 17.0 Å². The molecule has 0 spiro atoms. The molecule has 0 amide bonds. The molecule has 1 N–H and O–H groups in total. The predicted molar refractivity (Wildman–Crippen MR) is 113 cm³/mol. The first-order valence-corrected chi connectivity index (χ1v) is 10.6. The number of nitrogens with zero attached hydrogens (tertiary/aromatic N) is 3. The lowest BCUT2D eigenvalue weighted by atomic mass is 9.95. The Bertz CT molecular complexity index is 943. The second kappa shape index (κ2) is 9.68. The lowest BCUT2D eigenvalue weighted by molar-refractivity contribution is -0.685. The molecule has 1 aliphatic heterocycles. The summed E-state index contributed by atoms with van der Waals surface area (Å²) in [6.07, 6.45) is 11.2. The van der Waals surface area contributed by atoms with Crippen molar-refractivity contribution in [2.24, 2.45) is 0 Å². The van der Waals surface area contributed by atoms with E-state index in [1.807, 2.05) is 36.7 Å². The first-order chi connectivity index (χ1) is 13.7. The number of fused-ring (bicyclic) bond motifs is 2. The molecule has 0 unspecified atom stereocenters. The van der Waals surface area contributed by atoms with Crippen LogP contribution in [0.25, 0.3) is 10.8 Å². The molecule has 3 aromatic rings. The smallest absolute Gasteiger partial charge is 0.396 e. The molecule has 0 saturated heterocycles. The molecule has 1 aliphatic rings. The van der Waals surface area contributed by atoms with E-state index >= 15 is 0 Å². The summed E-state index contributed by atoms with van der Waals surface area (Å²) in [7, 11) is 0. The summed E-state index contributed by atoms with van der Waals surface area (Å²) in [4.78, 5) is 6.70. The number of halogens is 1. The molecule has 4 nitrogen and oxygen atoms in total. The molecule has 0 saturated carbocycles. The number of hydrogen-bond donors (Lipinski definition) is 1. The maximum Gasteiger partial charge on any atom is 0.396 e. The second-order valence-corrected chi connectivity index (χ2v) is 7.81. The van der Waals surface area contributed by atoms with E-state index in [0.717, 1.165) is 35.2 Å². The van der Waals surface area contributed by atoms with E-state index in [1.54, 1.807) is 0 Å². The molecule has 0 radical (unpaired) electrons. The van der Waals surface area contributed by atoms with Gasteiger partial charge in [0.25, 0.3) is 0 Å². The summed E-state index contributed by atoms with van der Waals surface area (Å²) in [5.41, 5.74) is -0.117. The molecule has 1 aromatic heterocycles. The van der Waals surface area contributed by atoms with Crippen LogP contribution in [-0.4, -0.2) is 16.6 Å². The van der Waals surface area contributed by atoms with Crippen LogP contribution < -0.4 is 26.4 Å². The van der Waals surface area contributed by atoms with Crippen LogP contribution in [0.4, 0.5) is 5.95 Å². The highest BCUT2D eigenvalue weighted by atomic mass is 79.9. The monoisotopic (exact) mass is 455 g/mol. The molecule has 154 valence electrons. The van der Waals surface area contributed by atoms with Gasteiger partial charge in [-0.25, -0.2) is 9.47 Å². The highest BCUT2D eigenvalue weighted by Crippen LogP contribution is 2.37.